The number of carbonyl (C=O) groups is 2. The van der Waals surface area contributed by atoms with Crippen molar-refractivity contribution in [3.63, 3.8) is 0 Å². The Bertz CT molecular complexity index is 374. The maximum absolute atomic E-state index is 11.5. The molecule has 4 heteroatoms. The summed E-state index contributed by atoms with van der Waals surface area (Å²) in [6.07, 6.45) is -1.28. The van der Waals surface area contributed by atoms with Crippen LogP contribution in [0, 0.1) is 0 Å². The molecule has 4 nitrogen and oxygen atoms in total. The van der Waals surface area contributed by atoms with E-state index in [1.165, 1.54) is 0 Å². The normalized spacial score (nSPS) is 21.2. The molecule has 0 N–H and O–H groups in total. The average molecular weight is 191 g/mol. The molecule has 0 aromatic heterocycles. The van der Waals surface area contributed by atoms with Gasteiger partial charge in [-0.25, -0.2) is 9.69 Å². The summed E-state index contributed by atoms with van der Waals surface area (Å²) in [6, 6.07) is 8.73. The molecule has 1 aromatic rings. The number of ether oxygens (including phenoxy) is 1. The summed E-state index contributed by atoms with van der Waals surface area (Å²) < 4.78 is 4.78. The van der Waals surface area contributed by atoms with Gasteiger partial charge in [0.05, 0.1) is 5.69 Å². The van der Waals surface area contributed by atoms with Gasteiger partial charge in [0.15, 0.2) is 6.10 Å². The summed E-state index contributed by atoms with van der Waals surface area (Å²) in [6.45, 7) is 1.56. The highest BCUT2D eigenvalue weighted by Crippen LogP contribution is 2.21. The van der Waals surface area contributed by atoms with Gasteiger partial charge in [-0.05, 0) is 19.1 Å². The molecule has 1 heterocycles. The summed E-state index contributed by atoms with van der Waals surface area (Å²) in [5.41, 5.74) is 0.548. The van der Waals surface area contributed by atoms with E-state index in [4.69, 9.17) is 4.74 Å². The van der Waals surface area contributed by atoms with Gasteiger partial charge in [-0.15, -0.1) is 0 Å². The molecule has 1 aliphatic heterocycles. The lowest BCUT2D eigenvalue weighted by Gasteiger charge is -2.09. The molecule has 0 bridgehead atoms. The third-order valence-electron chi connectivity index (χ3n) is 2.04. The summed E-state index contributed by atoms with van der Waals surface area (Å²) in [4.78, 5) is 23.8. The van der Waals surface area contributed by atoms with Crippen LogP contribution in [0.25, 0.3) is 0 Å². The molecule has 0 unspecified atom stereocenters. The first kappa shape index (κ1) is 8.74. The van der Waals surface area contributed by atoms with Crippen LogP contribution in [0.4, 0.5) is 10.5 Å². The van der Waals surface area contributed by atoms with E-state index in [-0.39, 0.29) is 5.91 Å². The predicted octanol–water partition coefficient (Wildman–Crippen LogP) is 1.56. The lowest BCUT2D eigenvalue weighted by molar-refractivity contribution is -0.121. The van der Waals surface area contributed by atoms with Crippen LogP contribution in [0.15, 0.2) is 30.3 Å². The van der Waals surface area contributed by atoms with Crippen molar-refractivity contribution in [2.24, 2.45) is 0 Å². The molecule has 72 valence electrons. The number of para-hydroxylation sites is 1. The number of amides is 2. The zero-order valence-corrected chi connectivity index (χ0v) is 7.64. The molecule has 14 heavy (non-hydrogen) atoms. The van der Waals surface area contributed by atoms with Crippen molar-refractivity contribution in [2.45, 2.75) is 13.0 Å². The van der Waals surface area contributed by atoms with Gasteiger partial charge >= 0.3 is 6.09 Å². The average Bonchev–Trinajstić information content (AvgIpc) is 2.43. The summed E-state index contributed by atoms with van der Waals surface area (Å²) in [7, 11) is 0. The zero-order chi connectivity index (χ0) is 10.1. The molecule has 1 saturated heterocycles. The maximum Gasteiger partial charge on any atom is 0.422 e. The lowest BCUT2D eigenvalue weighted by Crippen LogP contribution is -2.30. The summed E-state index contributed by atoms with van der Waals surface area (Å²) >= 11 is 0. The number of cyclic esters (lactones) is 1. The first-order valence-electron chi connectivity index (χ1n) is 4.30. The Hall–Kier alpha value is -1.84. The third-order valence-corrected chi connectivity index (χ3v) is 2.04. The Morgan fingerprint density at radius 3 is 2.36 bits per heavy atom. The lowest BCUT2D eigenvalue weighted by atomic mass is 10.3. The van der Waals surface area contributed by atoms with Gasteiger partial charge in [0.25, 0.3) is 5.91 Å². The van der Waals surface area contributed by atoms with Gasteiger partial charge < -0.3 is 4.74 Å². The number of carbonyl (C=O) groups excluding carboxylic acids is 2. The van der Waals surface area contributed by atoms with E-state index in [1.54, 1.807) is 31.2 Å². The Morgan fingerprint density at radius 2 is 1.86 bits per heavy atom. The van der Waals surface area contributed by atoms with Crippen LogP contribution in [-0.2, 0) is 9.53 Å². The van der Waals surface area contributed by atoms with Crippen molar-refractivity contribution >= 4 is 17.7 Å². The minimum Gasteiger partial charge on any atom is -0.436 e. The highest BCUT2D eigenvalue weighted by molar-refractivity contribution is 6.17. The van der Waals surface area contributed by atoms with Crippen LogP contribution in [0.3, 0.4) is 0 Å². The highest BCUT2D eigenvalue weighted by Gasteiger charge is 2.38. The second kappa shape index (κ2) is 3.14. The number of benzene rings is 1. The fraction of sp³-hybridized carbons (Fsp3) is 0.200. The SMILES string of the molecule is C[C@H]1OC(=O)N(c2ccccc2)C1=O. The molecule has 1 aliphatic rings. The maximum atomic E-state index is 11.5. The van der Waals surface area contributed by atoms with E-state index in [1.807, 2.05) is 6.07 Å². The minimum absolute atomic E-state index is 0.318. The molecular formula is C10H9NO3. The van der Waals surface area contributed by atoms with Crippen molar-refractivity contribution < 1.29 is 14.3 Å². The van der Waals surface area contributed by atoms with Crippen LogP contribution >= 0.6 is 0 Å². The van der Waals surface area contributed by atoms with Crippen molar-refractivity contribution in [2.75, 3.05) is 4.90 Å². The molecule has 0 saturated carbocycles. The molecule has 2 amide bonds. The van der Waals surface area contributed by atoms with Crippen LogP contribution in [-0.4, -0.2) is 18.1 Å². The minimum atomic E-state index is -0.678. The van der Waals surface area contributed by atoms with Crippen molar-refractivity contribution in [1.29, 1.82) is 0 Å². The van der Waals surface area contributed by atoms with E-state index in [2.05, 4.69) is 0 Å². The quantitative estimate of drug-likeness (QED) is 0.676. The van der Waals surface area contributed by atoms with Crippen LogP contribution in [0.2, 0.25) is 0 Å². The van der Waals surface area contributed by atoms with E-state index in [0.717, 1.165) is 4.90 Å². The van der Waals surface area contributed by atoms with Gasteiger partial charge in [-0.3, -0.25) is 4.79 Å². The Morgan fingerprint density at radius 1 is 1.21 bits per heavy atom. The second-order valence-electron chi connectivity index (χ2n) is 3.04. The van der Waals surface area contributed by atoms with Gasteiger partial charge in [-0.2, -0.15) is 0 Å². The fourth-order valence-electron chi connectivity index (χ4n) is 1.34. The van der Waals surface area contributed by atoms with Crippen LogP contribution in [0.5, 0.6) is 0 Å². The fourth-order valence-corrected chi connectivity index (χ4v) is 1.34. The Labute approximate surface area is 81.1 Å². The largest absolute Gasteiger partial charge is 0.436 e. The topological polar surface area (TPSA) is 46.6 Å². The van der Waals surface area contributed by atoms with Crippen LogP contribution in [0.1, 0.15) is 6.92 Å². The van der Waals surface area contributed by atoms with Gasteiger partial charge in [0.2, 0.25) is 0 Å². The zero-order valence-electron chi connectivity index (χ0n) is 7.64. The molecule has 1 atom stereocenters. The van der Waals surface area contributed by atoms with E-state index in [9.17, 15) is 9.59 Å². The molecule has 0 radical (unpaired) electrons. The van der Waals surface area contributed by atoms with Gasteiger partial charge in [0, 0.05) is 0 Å². The van der Waals surface area contributed by atoms with Crippen LogP contribution < -0.4 is 4.90 Å². The standard InChI is InChI=1S/C10H9NO3/c1-7-9(12)11(10(13)14-7)8-5-3-2-4-6-8/h2-7H,1H3/t7-/m1/s1. The number of hydrogen-bond donors (Lipinski definition) is 0. The van der Waals surface area contributed by atoms with Gasteiger partial charge in [-0.1, -0.05) is 18.2 Å². The monoisotopic (exact) mass is 191 g/mol. The molecule has 1 aromatic carbocycles. The van der Waals surface area contributed by atoms with Crippen molar-refractivity contribution in [3.05, 3.63) is 30.3 Å². The molecule has 0 spiro atoms. The Balaban J connectivity index is 2.36. The van der Waals surface area contributed by atoms with Crippen molar-refractivity contribution in [1.82, 2.24) is 0 Å². The summed E-state index contributed by atoms with van der Waals surface area (Å²) in [5, 5.41) is 0. The molecular weight excluding hydrogens is 182 g/mol. The predicted molar refractivity (Wildman–Crippen MR) is 49.9 cm³/mol. The number of imide groups is 1. The Kier molecular flexibility index (Phi) is 1.96. The first-order chi connectivity index (χ1) is 6.70. The first-order valence-corrected chi connectivity index (χ1v) is 4.30. The van der Waals surface area contributed by atoms with E-state index >= 15 is 0 Å². The van der Waals surface area contributed by atoms with Gasteiger partial charge in [0.1, 0.15) is 0 Å². The summed E-state index contributed by atoms with van der Waals surface area (Å²) in [5.74, 6) is -0.318. The van der Waals surface area contributed by atoms with E-state index in [0.29, 0.717) is 5.69 Å². The highest BCUT2D eigenvalue weighted by atomic mass is 16.6. The smallest absolute Gasteiger partial charge is 0.422 e. The molecule has 0 aliphatic carbocycles. The number of anilines is 1. The molecule has 2 rings (SSSR count). The van der Waals surface area contributed by atoms with Crippen molar-refractivity contribution in [3.8, 4) is 0 Å². The second-order valence-corrected chi connectivity index (χ2v) is 3.04. The third kappa shape index (κ3) is 1.25. The number of rotatable bonds is 1. The van der Waals surface area contributed by atoms with E-state index < -0.39 is 12.2 Å². The number of hydrogen-bond acceptors (Lipinski definition) is 3. The number of nitrogens with zero attached hydrogens (tertiary/aromatic N) is 1. The molecule has 1 fully saturated rings.